The van der Waals surface area contributed by atoms with Gasteiger partial charge in [0.25, 0.3) is 0 Å². The number of nitrogens with zero attached hydrogens (tertiary/aromatic N) is 2. The van der Waals surface area contributed by atoms with Crippen LogP contribution in [0.15, 0.2) is 12.1 Å². The van der Waals surface area contributed by atoms with Crippen molar-refractivity contribution in [3.63, 3.8) is 0 Å². The van der Waals surface area contributed by atoms with E-state index in [2.05, 4.69) is 46.4 Å². The van der Waals surface area contributed by atoms with Crippen molar-refractivity contribution in [1.29, 1.82) is 0 Å². The Morgan fingerprint density at radius 3 is 2.56 bits per heavy atom. The van der Waals surface area contributed by atoms with E-state index < -0.39 is 0 Å². The molecule has 2 aliphatic rings. The number of ether oxygens (including phenoxy) is 1. The van der Waals surface area contributed by atoms with Gasteiger partial charge in [-0.3, -0.25) is 0 Å². The lowest BCUT2D eigenvalue weighted by Gasteiger charge is -2.32. The van der Waals surface area contributed by atoms with Crippen LogP contribution in [0.4, 0.5) is 11.4 Å². The zero-order valence-corrected chi connectivity index (χ0v) is 17.9. The quantitative estimate of drug-likeness (QED) is 0.625. The molecule has 0 unspecified atom stereocenters. The minimum Gasteiger partial charge on any atom is -0.493 e. The molecule has 0 aromatic heterocycles. The largest absolute Gasteiger partial charge is 0.493 e. The Kier molecular flexibility index (Phi) is 9.52. The summed E-state index contributed by atoms with van der Waals surface area (Å²) in [5.41, 5.74) is 3.90. The second-order valence-corrected chi connectivity index (χ2v) is 7.53. The predicted octanol–water partition coefficient (Wildman–Crippen LogP) is 3.51. The lowest BCUT2D eigenvalue weighted by atomic mass is 10.1. The number of piperazine rings is 1. The standard InChI is InChI=1S/C21H36N4O.ClH/c1-3-4-15-26-19-16-20(23-9-12-24-10-5-6-11-24)18(2)21(17-19)25-13-7-22-8-14-25;/h16-17,22-23H,3-15H2,1-2H3;1H. The van der Waals surface area contributed by atoms with Gasteiger partial charge in [-0.1, -0.05) is 13.3 Å². The van der Waals surface area contributed by atoms with Crippen molar-refractivity contribution >= 4 is 23.8 Å². The normalized spacial score (nSPS) is 17.6. The van der Waals surface area contributed by atoms with Crippen molar-refractivity contribution < 1.29 is 4.74 Å². The molecule has 2 aliphatic heterocycles. The lowest BCUT2D eigenvalue weighted by molar-refractivity contribution is 0.309. The monoisotopic (exact) mass is 396 g/mol. The Hall–Kier alpha value is -1.17. The molecule has 1 aromatic carbocycles. The van der Waals surface area contributed by atoms with Gasteiger partial charge in [0.15, 0.2) is 0 Å². The molecule has 0 amide bonds. The summed E-state index contributed by atoms with van der Waals surface area (Å²) in [6.45, 7) is 14.1. The molecule has 154 valence electrons. The molecule has 2 fully saturated rings. The van der Waals surface area contributed by atoms with Crippen LogP contribution in [0.1, 0.15) is 38.2 Å². The van der Waals surface area contributed by atoms with Gasteiger partial charge in [-0.25, -0.2) is 0 Å². The van der Waals surface area contributed by atoms with E-state index >= 15 is 0 Å². The van der Waals surface area contributed by atoms with Crippen molar-refractivity contribution in [3.8, 4) is 5.75 Å². The van der Waals surface area contributed by atoms with Crippen molar-refractivity contribution in [2.75, 3.05) is 69.2 Å². The Morgan fingerprint density at radius 2 is 1.85 bits per heavy atom. The highest BCUT2D eigenvalue weighted by molar-refractivity contribution is 5.85. The van der Waals surface area contributed by atoms with E-state index in [-0.39, 0.29) is 12.4 Å². The molecule has 3 rings (SSSR count). The number of hydrogen-bond acceptors (Lipinski definition) is 5. The average Bonchev–Trinajstić information content (AvgIpc) is 3.18. The maximum Gasteiger partial charge on any atom is 0.123 e. The number of unbranched alkanes of at least 4 members (excludes halogenated alkanes) is 1. The fourth-order valence-corrected chi connectivity index (χ4v) is 3.86. The van der Waals surface area contributed by atoms with Gasteiger partial charge >= 0.3 is 0 Å². The van der Waals surface area contributed by atoms with Gasteiger partial charge in [0, 0.05) is 62.8 Å². The number of halogens is 1. The van der Waals surface area contributed by atoms with E-state index in [1.807, 2.05) is 0 Å². The number of benzene rings is 1. The van der Waals surface area contributed by atoms with E-state index in [1.165, 1.54) is 42.9 Å². The summed E-state index contributed by atoms with van der Waals surface area (Å²) in [5, 5.41) is 7.13. The highest BCUT2D eigenvalue weighted by Gasteiger charge is 2.17. The highest BCUT2D eigenvalue weighted by Crippen LogP contribution is 2.33. The van der Waals surface area contributed by atoms with E-state index in [4.69, 9.17) is 4.74 Å². The molecule has 0 aliphatic carbocycles. The van der Waals surface area contributed by atoms with Gasteiger partial charge in [0.2, 0.25) is 0 Å². The molecule has 0 bridgehead atoms. The minimum absolute atomic E-state index is 0. The van der Waals surface area contributed by atoms with E-state index in [0.29, 0.717) is 0 Å². The van der Waals surface area contributed by atoms with Crippen LogP contribution in [0.2, 0.25) is 0 Å². The average molecular weight is 397 g/mol. The van der Waals surface area contributed by atoms with Crippen LogP contribution in [0.25, 0.3) is 0 Å². The second kappa shape index (κ2) is 11.6. The molecular formula is C21H37ClN4O. The van der Waals surface area contributed by atoms with Gasteiger partial charge in [-0.05, 0) is 44.8 Å². The summed E-state index contributed by atoms with van der Waals surface area (Å²) in [6.07, 6.45) is 4.98. The highest BCUT2D eigenvalue weighted by atomic mass is 35.5. The van der Waals surface area contributed by atoms with Crippen LogP contribution in [-0.4, -0.2) is 63.9 Å². The zero-order valence-electron chi connectivity index (χ0n) is 17.1. The molecular weight excluding hydrogens is 360 g/mol. The van der Waals surface area contributed by atoms with E-state index in [0.717, 1.165) is 64.5 Å². The third-order valence-electron chi connectivity index (χ3n) is 5.52. The molecule has 1 aromatic rings. The molecule has 6 heteroatoms. The fourth-order valence-electron chi connectivity index (χ4n) is 3.86. The first-order valence-corrected chi connectivity index (χ1v) is 10.5. The van der Waals surface area contributed by atoms with Crippen molar-refractivity contribution in [3.05, 3.63) is 17.7 Å². The number of hydrogen-bond donors (Lipinski definition) is 2. The summed E-state index contributed by atoms with van der Waals surface area (Å²) >= 11 is 0. The first-order chi connectivity index (χ1) is 12.8. The fraction of sp³-hybridized carbons (Fsp3) is 0.714. The van der Waals surface area contributed by atoms with E-state index in [1.54, 1.807) is 0 Å². The topological polar surface area (TPSA) is 39.8 Å². The third-order valence-corrected chi connectivity index (χ3v) is 5.52. The summed E-state index contributed by atoms with van der Waals surface area (Å²) in [6, 6.07) is 4.43. The second-order valence-electron chi connectivity index (χ2n) is 7.53. The smallest absolute Gasteiger partial charge is 0.123 e. The van der Waals surface area contributed by atoms with Crippen LogP contribution >= 0.6 is 12.4 Å². The first-order valence-electron chi connectivity index (χ1n) is 10.5. The van der Waals surface area contributed by atoms with Crippen molar-refractivity contribution in [2.24, 2.45) is 0 Å². The Balaban J connectivity index is 0.00000261. The maximum atomic E-state index is 6.06. The number of likely N-dealkylation sites (tertiary alicyclic amines) is 1. The molecule has 0 spiro atoms. The molecule has 0 atom stereocenters. The number of anilines is 2. The molecule has 2 N–H and O–H groups in total. The molecule has 2 heterocycles. The Bertz CT molecular complexity index is 557. The summed E-state index contributed by atoms with van der Waals surface area (Å²) in [7, 11) is 0. The van der Waals surface area contributed by atoms with Gasteiger partial charge < -0.3 is 25.2 Å². The molecule has 5 nitrogen and oxygen atoms in total. The van der Waals surface area contributed by atoms with Gasteiger partial charge in [0.05, 0.1) is 6.61 Å². The SMILES string of the molecule is CCCCOc1cc(NCCN2CCCC2)c(C)c(N2CCNCC2)c1.Cl. The maximum absolute atomic E-state index is 6.06. The molecule has 2 saturated heterocycles. The molecule has 27 heavy (non-hydrogen) atoms. The van der Waals surface area contributed by atoms with Crippen LogP contribution in [-0.2, 0) is 0 Å². The Labute approximate surface area is 171 Å². The van der Waals surface area contributed by atoms with Gasteiger partial charge in [-0.2, -0.15) is 0 Å². The number of nitrogens with one attached hydrogen (secondary N) is 2. The van der Waals surface area contributed by atoms with E-state index in [9.17, 15) is 0 Å². The minimum atomic E-state index is 0. The summed E-state index contributed by atoms with van der Waals surface area (Å²) < 4.78 is 6.06. The Morgan fingerprint density at radius 1 is 1.11 bits per heavy atom. The van der Waals surface area contributed by atoms with Crippen LogP contribution in [0, 0.1) is 6.92 Å². The number of rotatable bonds is 9. The van der Waals surface area contributed by atoms with Crippen LogP contribution in [0.5, 0.6) is 5.75 Å². The molecule has 0 radical (unpaired) electrons. The van der Waals surface area contributed by atoms with Gasteiger partial charge in [-0.15, -0.1) is 12.4 Å². The summed E-state index contributed by atoms with van der Waals surface area (Å²) in [5.74, 6) is 1.00. The predicted molar refractivity (Wildman–Crippen MR) is 118 cm³/mol. The third kappa shape index (κ3) is 6.44. The van der Waals surface area contributed by atoms with Gasteiger partial charge in [0.1, 0.15) is 5.75 Å². The van der Waals surface area contributed by atoms with Crippen molar-refractivity contribution in [1.82, 2.24) is 10.2 Å². The van der Waals surface area contributed by atoms with Crippen molar-refractivity contribution in [2.45, 2.75) is 39.5 Å². The first kappa shape index (κ1) is 22.1. The zero-order chi connectivity index (χ0) is 18.2. The van der Waals surface area contributed by atoms with Crippen LogP contribution < -0.4 is 20.3 Å². The van der Waals surface area contributed by atoms with Crippen LogP contribution in [0.3, 0.4) is 0 Å². The summed E-state index contributed by atoms with van der Waals surface area (Å²) in [4.78, 5) is 5.05. The lowest BCUT2D eigenvalue weighted by Crippen LogP contribution is -2.43. The molecule has 0 saturated carbocycles.